The van der Waals surface area contributed by atoms with Crippen molar-refractivity contribution in [1.29, 1.82) is 0 Å². The summed E-state index contributed by atoms with van der Waals surface area (Å²) in [5, 5.41) is 22.0. The lowest BCUT2D eigenvalue weighted by molar-refractivity contribution is -0.385. The van der Waals surface area contributed by atoms with Crippen molar-refractivity contribution in [3.8, 4) is 0 Å². The van der Waals surface area contributed by atoms with E-state index in [9.17, 15) is 15.2 Å². The SMILES string of the molecule is Cc1nc2cc(CC(O)C3CC3)c([N+](=O)[O-])cc2s1. The highest BCUT2D eigenvalue weighted by Gasteiger charge is 2.31. The second-order valence-corrected chi connectivity index (χ2v) is 6.28. The Morgan fingerprint density at radius 2 is 2.32 bits per heavy atom. The third-order valence-electron chi connectivity index (χ3n) is 3.49. The highest BCUT2D eigenvalue weighted by Crippen LogP contribution is 2.36. The Balaban J connectivity index is 2.03. The summed E-state index contributed by atoms with van der Waals surface area (Å²) in [6, 6.07) is 3.33. The molecule has 1 aromatic carbocycles. The van der Waals surface area contributed by atoms with Gasteiger partial charge in [-0.1, -0.05) is 0 Å². The molecule has 3 rings (SSSR count). The smallest absolute Gasteiger partial charge is 0.274 e. The average Bonchev–Trinajstić information content (AvgIpc) is 3.11. The van der Waals surface area contributed by atoms with Crippen molar-refractivity contribution in [3.05, 3.63) is 32.8 Å². The lowest BCUT2D eigenvalue weighted by Crippen LogP contribution is -2.13. The summed E-state index contributed by atoms with van der Waals surface area (Å²) >= 11 is 1.45. The van der Waals surface area contributed by atoms with Gasteiger partial charge < -0.3 is 5.11 Å². The molecule has 0 radical (unpaired) electrons. The fraction of sp³-hybridized carbons (Fsp3) is 0.462. The van der Waals surface area contributed by atoms with Gasteiger partial charge in [-0.2, -0.15) is 0 Å². The predicted octanol–water partition coefficient (Wildman–Crippen LogP) is 2.83. The van der Waals surface area contributed by atoms with Gasteiger partial charge in [0.2, 0.25) is 0 Å². The van der Waals surface area contributed by atoms with Crippen molar-refractivity contribution in [2.75, 3.05) is 0 Å². The van der Waals surface area contributed by atoms with Crippen LogP contribution in [0.15, 0.2) is 12.1 Å². The van der Waals surface area contributed by atoms with Gasteiger partial charge in [0.1, 0.15) is 0 Å². The van der Waals surface area contributed by atoms with Crippen molar-refractivity contribution in [2.24, 2.45) is 5.92 Å². The molecule has 5 nitrogen and oxygen atoms in total. The molecule has 1 fully saturated rings. The summed E-state index contributed by atoms with van der Waals surface area (Å²) in [6.07, 6.45) is 1.91. The lowest BCUT2D eigenvalue weighted by atomic mass is 10.0. The molecule has 0 saturated heterocycles. The minimum atomic E-state index is -0.476. The first-order chi connectivity index (χ1) is 9.04. The number of rotatable bonds is 4. The second-order valence-electron chi connectivity index (χ2n) is 5.05. The molecule has 1 aromatic heterocycles. The summed E-state index contributed by atoms with van der Waals surface area (Å²) < 4.78 is 0.828. The van der Waals surface area contributed by atoms with E-state index >= 15 is 0 Å². The van der Waals surface area contributed by atoms with Crippen molar-refractivity contribution in [1.82, 2.24) is 4.98 Å². The molecule has 0 amide bonds. The first kappa shape index (κ1) is 12.5. The Bertz CT molecular complexity index is 649. The molecule has 19 heavy (non-hydrogen) atoms. The standard InChI is InChI=1S/C13H14N2O3S/c1-7-14-10-4-9(5-12(16)8-2-3-8)11(15(17)18)6-13(10)19-7/h4,6,8,12,16H,2-3,5H2,1H3. The van der Waals surface area contributed by atoms with Crippen molar-refractivity contribution >= 4 is 27.2 Å². The molecule has 0 spiro atoms. The van der Waals surface area contributed by atoms with Crippen LogP contribution in [0.25, 0.3) is 10.2 Å². The summed E-state index contributed by atoms with van der Waals surface area (Å²) in [5.74, 6) is 0.312. The molecule has 2 aromatic rings. The maximum absolute atomic E-state index is 11.1. The molecule has 100 valence electrons. The Kier molecular flexibility index (Phi) is 2.99. The van der Waals surface area contributed by atoms with E-state index in [0.717, 1.165) is 28.1 Å². The van der Waals surface area contributed by atoms with Crippen LogP contribution in [0.2, 0.25) is 0 Å². The number of aromatic nitrogens is 1. The Morgan fingerprint density at radius 1 is 1.58 bits per heavy atom. The van der Waals surface area contributed by atoms with Gasteiger partial charge in [0.05, 0.1) is 26.3 Å². The number of aliphatic hydroxyl groups is 1. The average molecular weight is 278 g/mol. The largest absolute Gasteiger partial charge is 0.392 e. The minimum Gasteiger partial charge on any atom is -0.392 e. The number of aryl methyl sites for hydroxylation is 1. The molecule has 6 heteroatoms. The van der Waals surface area contributed by atoms with Gasteiger partial charge in [0.15, 0.2) is 0 Å². The molecule has 1 heterocycles. The maximum Gasteiger partial charge on any atom is 0.274 e. The number of nitro benzene ring substituents is 1. The highest BCUT2D eigenvalue weighted by molar-refractivity contribution is 7.18. The van der Waals surface area contributed by atoms with Crippen LogP contribution in [0.4, 0.5) is 5.69 Å². The summed E-state index contributed by atoms with van der Waals surface area (Å²) in [4.78, 5) is 15.1. The molecule has 1 atom stereocenters. The number of nitrogens with zero attached hydrogens (tertiary/aromatic N) is 2. The van der Waals surface area contributed by atoms with Crippen molar-refractivity contribution in [3.63, 3.8) is 0 Å². The van der Waals surface area contributed by atoms with Crippen molar-refractivity contribution in [2.45, 2.75) is 32.3 Å². The Labute approximate surface area is 114 Å². The van der Waals surface area contributed by atoms with E-state index in [4.69, 9.17) is 0 Å². The number of nitro groups is 1. The van der Waals surface area contributed by atoms with Gasteiger partial charge in [0.25, 0.3) is 5.69 Å². The van der Waals surface area contributed by atoms with Crippen LogP contribution in [-0.4, -0.2) is 21.1 Å². The molecule has 1 aliphatic carbocycles. The number of hydrogen-bond acceptors (Lipinski definition) is 5. The van der Waals surface area contributed by atoms with E-state index in [0.29, 0.717) is 17.9 Å². The maximum atomic E-state index is 11.1. The van der Waals surface area contributed by atoms with Crippen LogP contribution in [0.1, 0.15) is 23.4 Å². The zero-order valence-electron chi connectivity index (χ0n) is 10.5. The van der Waals surface area contributed by atoms with E-state index in [1.54, 1.807) is 12.1 Å². The fourth-order valence-electron chi connectivity index (χ4n) is 2.33. The predicted molar refractivity (Wildman–Crippen MR) is 73.4 cm³/mol. The second kappa shape index (κ2) is 4.54. The molecular weight excluding hydrogens is 264 g/mol. The van der Waals surface area contributed by atoms with Crippen molar-refractivity contribution < 1.29 is 10.0 Å². The zero-order valence-corrected chi connectivity index (χ0v) is 11.3. The Morgan fingerprint density at radius 3 is 2.95 bits per heavy atom. The molecule has 0 bridgehead atoms. The summed E-state index contributed by atoms with van der Waals surface area (Å²) in [5.41, 5.74) is 1.46. The van der Waals surface area contributed by atoms with Gasteiger partial charge in [0, 0.05) is 18.1 Å². The first-order valence-electron chi connectivity index (χ1n) is 6.27. The topological polar surface area (TPSA) is 76.3 Å². The van der Waals surface area contributed by atoms with Crippen LogP contribution in [-0.2, 0) is 6.42 Å². The monoisotopic (exact) mass is 278 g/mol. The van der Waals surface area contributed by atoms with E-state index < -0.39 is 6.10 Å². The number of benzene rings is 1. The van der Waals surface area contributed by atoms with E-state index in [2.05, 4.69) is 4.98 Å². The summed E-state index contributed by atoms with van der Waals surface area (Å²) in [7, 11) is 0. The van der Waals surface area contributed by atoms with Crippen LogP contribution in [0.3, 0.4) is 0 Å². The van der Waals surface area contributed by atoms with Crippen LogP contribution >= 0.6 is 11.3 Å². The third-order valence-corrected chi connectivity index (χ3v) is 4.42. The van der Waals surface area contributed by atoms with Gasteiger partial charge in [-0.3, -0.25) is 10.1 Å². The molecule has 1 saturated carbocycles. The zero-order chi connectivity index (χ0) is 13.6. The van der Waals surface area contributed by atoms with Crippen LogP contribution in [0, 0.1) is 23.0 Å². The third kappa shape index (κ3) is 2.46. The number of thiazole rings is 1. The lowest BCUT2D eigenvalue weighted by Gasteiger charge is -2.09. The Hall–Kier alpha value is -1.53. The molecule has 0 aliphatic heterocycles. The fourth-order valence-corrected chi connectivity index (χ4v) is 3.17. The van der Waals surface area contributed by atoms with E-state index in [1.165, 1.54) is 11.3 Å². The number of hydrogen-bond donors (Lipinski definition) is 1. The van der Waals surface area contributed by atoms with E-state index in [-0.39, 0.29) is 10.6 Å². The number of fused-ring (bicyclic) bond motifs is 1. The molecule has 1 unspecified atom stereocenters. The quantitative estimate of drug-likeness (QED) is 0.689. The van der Waals surface area contributed by atoms with Gasteiger partial charge in [-0.05, 0) is 31.7 Å². The van der Waals surface area contributed by atoms with E-state index in [1.807, 2.05) is 6.92 Å². The van der Waals surface area contributed by atoms with Crippen LogP contribution in [0.5, 0.6) is 0 Å². The van der Waals surface area contributed by atoms with Gasteiger partial charge in [-0.15, -0.1) is 11.3 Å². The minimum absolute atomic E-state index is 0.0934. The molecular formula is C13H14N2O3S. The first-order valence-corrected chi connectivity index (χ1v) is 7.09. The highest BCUT2D eigenvalue weighted by atomic mass is 32.1. The molecule has 1 N–H and O–H groups in total. The number of aliphatic hydroxyl groups excluding tert-OH is 1. The van der Waals surface area contributed by atoms with Gasteiger partial charge >= 0.3 is 0 Å². The summed E-state index contributed by atoms with van der Waals surface area (Å²) in [6.45, 7) is 1.88. The van der Waals surface area contributed by atoms with Crippen LogP contribution < -0.4 is 0 Å². The molecule has 1 aliphatic rings. The van der Waals surface area contributed by atoms with Gasteiger partial charge in [-0.25, -0.2) is 4.98 Å². The normalized spacial score (nSPS) is 16.7.